The van der Waals surface area contributed by atoms with Gasteiger partial charge in [0.15, 0.2) is 0 Å². The fourth-order valence-electron chi connectivity index (χ4n) is 3.23. The number of nitrogens with zero attached hydrogens (tertiary/aromatic N) is 1. The van der Waals surface area contributed by atoms with Crippen molar-refractivity contribution in [2.45, 2.75) is 26.9 Å². The van der Waals surface area contributed by atoms with Crippen LogP contribution in [0.2, 0.25) is 0 Å². The van der Waals surface area contributed by atoms with Crippen molar-refractivity contribution in [1.82, 2.24) is 10.2 Å². The van der Waals surface area contributed by atoms with Crippen molar-refractivity contribution in [3.8, 4) is 0 Å². The van der Waals surface area contributed by atoms with Crippen LogP contribution in [0, 0.1) is 11.8 Å². The Morgan fingerprint density at radius 1 is 1.20 bits per heavy atom. The van der Waals surface area contributed by atoms with Gasteiger partial charge in [0.05, 0.1) is 6.54 Å². The third-order valence-corrected chi connectivity index (χ3v) is 4.57. The average molecular weight is 272 g/mol. The van der Waals surface area contributed by atoms with Crippen molar-refractivity contribution >= 4 is 11.0 Å². The van der Waals surface area contributed by atoms with E-state index in [9.17, 15) is 0 Å². The maximum Gasteiger partial charge on any atom is 0.134 e. The summed E-state index contributed by atoms with van der Waals surface area (Å²) >= 11 is 0. The molecule has 1 saturated heterocycles. The molecule has 0 amide bonds. The minimum absolute atomic E-state index is 0.784. The number of para-hydroxylation sites is 1. The predicted octanol–water partition coefficient (Wildman–Crippen LogP) is 3.24. The molecular formula is C17H24N2O. The van der Waals surface area contributed by atoms with Crippen molar-refractivity contribution in [3.63, 3.8) is 0 Å². The van der Waals surface area contributed by atoms with Crippen LogP contribution in [0.3, 0.4) is 0 Å². The van der Waals surface area contributed by atoms with Gasteiger partial charge in [-0.1, -0.05) is 32.0 Å². The number of furan rings is 1. The van der Waals surface area contributed by atoms with Gasteiger partial charge < -0.3 is 9.73 Å². The molecule has 0 spiro atoms. The summed E-state index contributed by atoms with van der Waals surface area (Å²) in [6.07, 6.45) is 0. The lowest BCUT2D eigenvalue weighted by atomic mass is 10.0. The van der Waals surface area contributed by atoms with Crippen molar-refractivity contribution < 1.29 is 4.42 Å². The first-order valence-electron chi connectivity index (χ1n) is 7.55. The van der Waals surface area contributed by atoms with Crippen LogP contribution in [0.25, 0.3) is 11.0 Å². The molecule has 2 heterocycles. The van der Waals surface area contributed by atoms with Crippen LogP contribution in [-0.2, 0) is 13.1 Å². The summed E-state index contributed by atoms with van der Waals surface area (Å²) in [5.41, 5.74) is 2.32. The number of benzene rings is 1. The number of likely N-dealkylation sites (tertiary alicyclic amines) is 1. The Morgan fingerprint density at radius 3 is 2.60 bits per heavy atom. The van der Waals surface area contributed by atoms with E-state index in [-0.39, 0.29) is 0 Å². The summed E-state index contributed by atoms with van der Waals surface area (Å²) in [5, 5.41) is 4.51. The maximum atomic E-state index is 6.10. The second-order valence-corrected chi connectivity index (χ2v) is 6.18. The van der Waals surface area contributed by atoms with E-state index < -0.39 is 0 Å². The van der Waals surface area contributed by atoms with Crippen LogP contribution in [0.1, 0.15) is 25.2 Å². The van der Waals surface area contributed by atoms with Crippen LogP contribution in [0.5, 0.6) is 0 Å². The van der Waals surface area contributed by atoms with Crippen molar-refractivity contribution in [1.29, 1.82) is 0 Å². The molecule has 1 N–H and O–H groups in total. The molecule has 0 aliphatic carbocycles. The number of fused-ring (bicyclic) bond motifs is 1. The van der Waals surface area contributed by atoms with Gasteiger partial charge in [-0.15, -0.1) is 0 Å². The first-order valence-corrected chi connectivity index (χ1v) is 7.55. The summed E-state index contributed by atoms with van der Waals surface area (Å²) in [5.74, 6) is 2.70. The lowest BCUT2D eigenvalue weighted by Crippen LogP contribution is -2.21. The highest BCUT2D eigenvalue weighted by molar-refractivity contribution is 5.82. The Labute approximate surface area is 120 Å². The summed E-state index contributed by atoms with van der Waals surface area (Å²) in [6, 6.07) is 8.34. The van der Waals surface area contributed by atoms with Gasteiger partial charge >= 0.3 is 0 Å². The monoisotopic (exact) mass is 272 g/mol. The van der Waals surface area contributed by atoms with E-state index in [0.29, 0.717) is 0 Å². The van der Waals surface area contributed by atoms with Gasteiger partial charge in [0.1, 0.15) is 11.3 Å². The molecule has 0 saturated carbocycles. The molecular weight excluding hydrogens is 248 g/mol. The Hall–Kier alpha value is -1.32. The van der Waals surface area contributed by atoms with Crippen molar-refractivity contribution in [2.24, 2.45) is 11.8 Å². The zero-order chi connectivity index (χ0) is 14.1. The van der Waals surface area contributed by atoms with E-state index in [4.69, 9.17) is 4.42 Å². The highest BCUT2D eigenvalue weighted by Gasteiger charge is 2.27. The number of hydrogen-bond donors (Lipinski definition) is 1. The highest BCUT2D eigenvalue weighted by atomic mass is 16.3. The average Bonchev–Trinajstić information content (AvgIpc) is 2.92. The second kappa shape index (κ2) is 5.58. The fourth-order valence-corrected chi connectivity index (χ4v) is 3.23. The molecule has 1 fully saturated rings. The van der Waals surface area contributed by atoms with Crippen LogP contribution in [0.15, 0.2) is 28.7 Å². The molecule has 1 aliphatic rings. The molecule has 2 atom stereocenters. The molecule has 1 aliphatic heterocycles. The quantitative estimate of drug-likeness (QED) is 0.926. The fraction of sp³-hybridized carbons (Fsp3) is 0.529. The molecule has 108 valence electrons. The third-order valence-electron chi connectivity index (χ3n) is 4.57. The van der Waals surface area contributed by atoms with E-state index >= 15 is 0 Å². The van der Waals surface area contributed by atoms with Gasteiger partial charge in [-0.05, 0) is 24.9 Å². The highest BCUT2D eigenvalue weighted by Crippen LogP contribution is 2.29. The van der Waals surface area contributed by atoms with Crippen LogP contribution >= 0.6 is 0 Å². The largest absolute Gasteiger partial charge is 0.459 e. The van der Waals surface area contributed by atoms with Gasteiger partial charge in [-0.2, -0.15) is 0 Å². The zero-order valence-corrected chi connectivity index (χ0v) is 12.6. The van der Waals surface area contributed by atoms with E-state index in [1.54, 1.807) is 0 Å². The minimum atomic E-state index is 0.784. The third kappa shape index (κ3) is 2.48. The molecule has 1 aromatic carbocycles. The zero-order valence-electron chi connectivity index (χ0n) is 12.6. The normalized spacial score (nSPS) is 23.8. The number of hydrogen-bond acceptors (Lipinski definition) is 3. The number of rotatable bonds is 4. The molecule has 3 rings (SSSR count). The standard InChI is InChI=1S/C17H24N2O/c1-12-9-19(10-13(12)2)11-17-15(8-18-3)14-6-4-5-7-16(14)20-17/h4-7,12-13,18H,8-11H2,1-3H3. The summed E-state index contributed by atoms with van der Waals surface area (Å²) in [6.45, 7) is 8.84. The predicted molar refractivity (Wildman–Crippen MR) is 82.6 cm³/mol. The topological polar surface area (TPSA) is 28.4 Å². The van der Waals surface area contributed by atoms with E-state index in [2.05, 4.69) is 42.3 Å². The molecule has 3 heteroatoms. The summed E-state index contributed by atoms with van der Waals surface area (Å²) < 4.78 is 6.10. The van der Waals surface area contributed by atoms with Crippen LogP contribution in [0.4, 0.5) is 0 Å². The smallest absolute Gasteiger partial charge is 0.134 e. The van der Waals surface area contributed by atoms with Gasteiger partial charge in [0.25, 0.3) is 0 Å². The Bertz CT molecular complexity index is 580. The molecule has 2 unspecified atom stereocenters. The van der Waals surface area contributed by atoms with Gasteiger partial charge in [-0.3, -0.25) is 4.90 Å². The molecule has 2 aromatic rings. The molecule has 1 aromatic heterocycles. The van der Waals surface area contributed by atoms with Crippen molar-refractivity contribution in [3.05, 3.63) is 35.6 Å². The van der Waals surface area contributed by atoms with E-state index in [0.717, 1.165) is 36.3 Å². The lowest BCUT2D eigenvalue weighted by Gasteiger charge is -2.14. The van der Waals surface area contributed by atoms with Crippen molar-refractivity contribution in [2.75, 3.05) is 20.1 Å². The van der Waals surface area contributed by atoms with Crippen LogP contribution < -0.4 is 5.32 Å². The van der Waals surface area contributed by atoms with Crippen LogP contribution in [-0.4, -0.2) is 25.0 Å². The molecule has 3 nitrogen and oxygen atoms in total. The van der Waals surface area contributed by atoms with Gasteiger partial charge in [0.2, 0.25) is 0 Å². The van der Waals surface area contributed by atoms with Gasteiger partial charge in [0, 0.05) is 30.6 Å². The molecule has 0 bridgehead atoms. The Balaban J connectivity index is 1.88. The van der Waals surface area contributed by atoms with Gasteiger partial charge in [-0.25, -0.2) is 0 Å². The first kappa shape index (κ1) is 13.7. The first-order chi connectivity index (χ1) is 9.69. The Morgan fingerprint density at radius 2 is 1.90 bits per heavy atom. The molecule has 0 radical (unpaired) electrons. The summed E-state index contributed by atoms with van der Waals surface area (Å²) in [4.78, 5) is 2.52. The lowest BCUT2D eigenvalue weighted by molar-refractivity contribution is 0.287. The Kier molecular flexibility index (Phi) is 3.81. The summed E-state index contributed by atoms with van der Waals surface area (Å²) in [7, 11) is 1.99. The van der Waals surface area contributed by atoms with E-state index in [1.165, 1.54) is 24.0 Å². The number of nitrogens with one attached hydrogen (secondary N) is 1. The maximum absolute atomic E-state index is 6.10. The molecule has 20 heavy (non-hydrogen) atoms. The minimum Gasteiger partial charge on any atom is -0.459 e. The van der Waals surface area contributed by atoms with E-state index in [1.807, 2.05) is 13.1 Å². The SMILES string of the molecule is CNCc1c(CN2CC(C)C(C)C2)oc2ccccc12. The second-order valence-electron chi connectivity index (χ2n) is 6.18.